The zero-order valence-electron chi connectivity index (χ0n) is 9.19. The molecule has 0 spiro atoms. The maximum atomic E-state index is 9.84. The number of anilines is 1. The van der Waals surface area contributed by atoms with Crippen molar-refractivity contribution in [2.75, 3.05) is 5.73 Å². The quantitative estimate of drug-likeness (QED) is 0.739. The van der Waals surface area contributed by atoms with Crippen molar-refractivity contribution in [3.8, 4) is 0 Å². The molecule has 2 aliphatic rings. The smallest absolute Gasteiger partial charge is 0.165 e. The molecule has 6 nitrogen and oxygen atoms in total. The standard InChI is InChI=1S/C11H13N5O/c12-10-9-11(14-3-13-10)16(4-15-9)7-2-8(17)6-1-5(6)7/h3-8,17H,1-2H2,(H2,12,13,14)/t5-,6+,7-,8+/m1/s1. The molecule has 6 heteroatoms. The normalized spacial score (nSPS) is 35.1. The Kier molecular flexibility index (Phi) is 1.62. The minimum absolute atomic E-state index is 0.165. The van der Waals surface area contributed by atoms with Gasteiger partial charge in [-0.3, -0.25) is 0 Å². The van der Waals surface area contributed by atoms with Gasteiger partial charge in [0.2, 0.25) is 0 Å². The second kappa shape index (κ2) is 2.95. The Hall–Kier alpha value is -1.69. The number of aliphatic hydroxyl groups excluding tert-OH is 1. The lowest BCUT2D eigenvalue weighted by Gasteiger charge is -2.15. The lowest BCUT2D eigenvalue weighted by atomic mass is 10.1. The van der Waals surface area contributed by atoms with Gasteiger partial charge in [-0.05, 0) is 24.7 Å². The first-order valence-electron chi connectivity index (χ1n) is 5.87. The highest BCUT2D eigenvalue weighted by Crippen LogP contribution is 2.57. The first-order valence-corrected chi connectivity index (χ1v) is 5.87. The maximum Gasteiger partial charge on any atom is 0.165 e. The molecule has 2 saturated carbocycles. The number of aromatic nitrogens is 4. The van der Waals surface area contributed by atoms with Crippen LogP contribution in [0.3, 0.4) is 0 Å². The molecule has 0 unspecified atom stereocenters. The molecule has 0 radical (unpaired) electrons. The first kappa shape index (κ1) is 9.35. The third-order valence-corrected chi connectivity index (χ3v) is 4.11. The number of nitrogen functional groups attached to an aromatic ring is 1. The molecule has 3 N–H and O–H groups in total. The molecule has 4 rings (SSSR count). The molecule has 0 aromatic carbocycles. The van der Waals surface area contributed by atoms with Gasteiger partial charge >= 0.3 is 0 Å². The van der Waals surface area contributed by atoms with E-state index < -0.39 is 0 Å². The minimum Gasteiger partial charge on any atom is -0.393 e. The average Bonchev–Trinajstić information content (AvgIpc) is 2.89. The van der Waals surface area contributed by atoms with Gasteiger partial charge in [-0.25, -0.2) is 15.0 Å². The van der Waals surface area contributed by atoms with Crippen LogP contribution in [0.2, 0.25) is 0 Å². The summed E-state index contributed by atoms with van der Waals surface area (Å²) in [5.41, 5.74) is 7.20. The van der Waals surface area contributed by atoms with Crippen LogP contribution in [-0.2, 0) is 0 Å². The number of hydrogen-bond acceptors (Lipinski definition) is 5. The van der Waals surface area contributed by atoms with E-state index in [0.717, 1.165) is 18.5 Å². The van der Waals surface area contributed by atoms with Crippen molar-refractivity contribution in [3.63, 3.8) is 0 Å². The Morgan fingerprint density at radius 2 is 2.12 bits per heavy atom. The van der Waals surface area contributed by atoms with Gasteiger partial charge in [0, 0.05) is 6.04 Å². The summed E-state index contributed by atoms with van der Waals surface area (Å²) in [7, 11) is 0. The fourth-order valence-corrected chi connectivity index (χ4v) is 3.15. The average molecular weight is 231 g/mol. The highest BCUT2D eigenvalue weighted by Gasteiger charge is 2.54. The second-order valence-corrected chi connectivity index (χ2v) is 5.02. The number of aliphatic hydroxyl groups is 1. The van der Waals surface area contributed by atoms with Gasteiger partial charge < -0.3 is 15.4 Å². The van der Waals surface area contributed by atoms with Gasteiger partial charge in [0.05, 0.1) is 12.4 Å². The molecule has 0 aliphatic heterocycles. The zero-order valence-corrected chi connectivity index (χ0v) is 9.19. The molecule has 2 aromatic heterocycles. The Labute approximate surface area is 97.5 Å². The second-order valence-electron chi connectivity index (χ2n) is 5.02. The van der Waals surface area contributed by atoms with E-state index >= 15 is 0 Å². The van der Waals surface area contributed by atoms with Crippen molar-refractivity contribution in [1.29, 1.82) is 0 Å². The maximum absolute atomic E-state index is 9.84. The largest absolute Gasteiger partial charge is 0.393 e. The van der Waals surface area contributed by atoms with E-state index in [2.05, 4.69) is 15.0 Å². The van der Waals surface area contributed by atoms with Gasteiger partial charge in [-0.1, -0.05) is 0 Å². The summed E-state index contributed by atoms with van der Waals surface area (Å²) in [6, 6.07) is 0.314. The number of nitrogens with zero attached hydrogens (tertiary/aromatic N) is 4. The van der Waals surface area contributed by atoms with E-state index in [1.807, 2.05) is 4.57 Å². The summed E-state index contributed by atoms with van der Waals surface area (Å²) in [5.74, 6) is 1.48. The van der Waals surface area contributed by atoms with Crippen LogP contribution in [0.25, 0.3) is 11.2 Å². The van der Waals surface area contributed by atoms with Gasteiger partial charge in [-0.2, -0.15) is 0 Å². The number of nitrogens with two attached hydrogens (primary N) is 1. The molecule has 88 valence electrons. The van der Waals surface area contributed by atoms with Crippen LogP contribution < -0.4 is 5.73 Å². The monoisotopic (exact) mass is 231 g/mol. The molecule has 0 saturated heterocycles. The highest BCUT2D eigenvalue weighted by molar-refractivity contribution is 5.81. The summed E-state index contributed by atoms with van der Waals surface area (Å²) in [6.07, 6.45) is 4.98. The van der Waals surface area contributed by atoms with Crippen molar-refractivity contribution in [2.24, 2.45) is 11.8 Å². The van der Waals surface area contributed by atoms with Crippen molar-refractivity contribution in [3.05, 3.63) is 12.7 Å². The Bertz CT molecular complexity index is 595. The molecular formula is C11H13N5O. The summed E-state index contributed by atoms with van der Waals surface area (Å²) in [5, 5.41) is 9.84. The SMILES string of the molecule is Nc1ncnc2c1ncn2[C@@H]1C[C@H](O)[C@H]2C[C@H]21. The van der Waals surface area contributed by atoms with E-state index in [1.54, 1.807) is 6.33 Å². The molecule has 17 heavy (non-hydrogen) atoms. The molecule has 0 amide bonds. The lowest BCUT2D eigenvalue weighted by Crippen LogP contribution is -2.12. The van der Waals surface area contributed by atoms with E-state index in [-0.39, 0.29) is 6.10 Å². The predicted octanol–water partition coefficient (Wildman–Crippen LogP) is 0.350. The minimum atomic E-state index is -0.165. The molecule has 4 atom stereocenters. The third-order valence-electron chi connectivity index (χ3n) is 4.11. The number of rotatable bonds is 1. The van der Waals surface area contributed by atoms with Crippen LogP contribution in [0.5, 0.6) is 0 Å². The molecular weight excluding hydrogens is 218 g/mol. The summed E-state index contributed by atoms with van der Waals surface area (Å²) >= 11 is 0. The van der Waals surface area contributed by atoms with Crippen LogP contribution in [0.15, 0.2) is 12.7 Å². The molecule has 0 bridgehead atoms. The number of hydrogen-bond donors (Lipinski definition) is 2. The van der Waals surface area contributed by atoms with E-state index in [0.29, 0.717) is 29.2 Å². The third kappa shape index (κ3) is 1.16. The molecule has 2 aliphatic carbocycles. The summed E-state index contributed by atoms with van der Waals surface area (Å²) in [4.78, 5) is 12.5. The van der Waals surface area contributed by atoms with Gasteiger partial charge in [0.25, 0.3) is 0 Å². The fourth-order valence-electron chi connectivity index (χ4n) is 3.15. The number of fused-ring (bicyclic) bond motifs is 2. The zero-order chi connectivity index (χ0) is 11.6. The first-order chi connectivity index (χ1) is 8.25. The van der Waals surface area contributed by atoms with Crippen molar-refractivity contribution < 1.29 is 5.11 Å². The van der Waals surface area contributed by atoms with Crippen LogP contribution in [-0.4, -0.2) is 30.7 Å². The Morgan fingerprint density at radius 3 is 2.82 bits per heavy atom. The molecule has 2 fully saturated rings. The fraction of sp³-hybridized carbons (Fsp3) is 0.545. The van der Waals surface area contributed by atoms with Crippen molar-refractivity contribution >= 4 is 17.0 Å². The Morgan fingerprint density at radius 1 is 1.24 bits per heavy atom. The molecule has 2 heterocycles. The van der Waals surface area contributed by atoms with E-state index in [1.165, 1.54) is 6.33 Å². The number of imidazole rings is 1. The molecule has 2 aromatic rings. The van der Waals surface area contributed by atoms with E-state index in [4.69, 9.17) is 5.73 Å². The van der Waals surface area contributed by atoms with Crippen LogP contribution in [0.4, 0.5) is 5.82 Å². The van der Waals surface area contributed by atoms with Crippen molar-refractivity contribution in [1.82, 2.24) is 19.5 Å². The van der Waals surface area contributed by atoms with Gasteiger partial charge in [0.1, 0.15) is 11.8 Å². The van der Waals surface area contributed by atoms with Crippen LogP contribution in [0, 0.1) is 11.8 Å². The topological polar surface area (TPSA) is 89.9 Å². The lowest BCUT2D eigenvalue weighted by molar-refractivity contribution is 0.152. The van der Waals surface area contributed by atoms with E-state index in [9.17, 15) is 5.11 Å². The van der Waals surface area contributed by atoms with Crippen LogP contribution in [0.1, 0.15) is 18.9 Å². The Balaban J connectivity index is 1.84. The predicted molar refractivity (Wildman–Crippen MR) is 61.0 cm³/mol. The summed E-state index contributed by atoms with van der Waals surface area (Å²) < 4.78 is 2.05. The van der Waals surface area contributed by atoms with Crippen molar-refractivity contribution in [2.45, 2.75) is 25.0 Å². The van der Waals surface area contributed by atoms with Gasteiger partial charge in [0.15, 0.2) is 11.5 Å². The summed E-state index contributed by atoms with van der Waals surface area (Å²) in [6.45, 7) is 0. The highest BCUT2D eigenvalue weighted by atomic mass is 16.3. The van der Waals surface area contributed by atoms with Gasteiger partial charge in [-0.15, -0.1) is 0 Å². The van der Waals surface area contributed by atoms with Crippen LogP contribution >= 0.6 is 0 Å².